The molecule has 0 fully saturated rings. The maximum absolute atomic E-state index is 10.0. The van der Waals surface area contributed by atoms with Crippen LogP contribution in [0.25, 0.3) is 66.8 Å². The molecule has 9 aromatic rings. The monoisotopic (exact) mass is 840 g/mol. The molecule has 64 heavy (non-hydrogen) atoms. The van der Waals surface area contributed by atoms with Crippen molar-refractivity contribution in [2.24, 2.45) is 0 Å². The van der Waals surface area contributed by atoms with Gasteiger partial charge in [0, 0.05) is 16.7 Å². The van der Waals surface area contributed by atoms with Gasteiger partial charge in [-0.1, -0.05) is 214 Å². The quantitative estimate of drug-likeness (QED) is 0.156. The minimum atomic E-state index is 0.314. The van der Waals surface area contributed by atoms with Gasteiger partial charge in [-0.15, -0.1) is 0 Å². The maximum atomic E-state index is 10.0. The molecule has 0 amide bonds. The van der Waals surface area contributed by atoms with Gasteiger partial charge in [-0.05, 0) is 119 Å². The molecular weight excluding hydrogens is 781 g/mol. The van der Waals surface area contributed by atoms with Crippen molar-refractivity contribution in [3.8, 4) is 84.0 Å². The standard InChI is InChI=1S/3C19H16O.2C2H6/c1-14-6-4-7-15(12-14)16-8-5-9-17(13-16)18-10-2-3-11-19(18)20;2*1-14-10-11-19(20)18(12-14)17-9-5-8-16(13-17)15-6-3-2-4-7-15;2*1-2/h3*2-13,20H,1H3;2*1-2H3. The van der Waals surface area contributed by atoms with Gasteiger partial charge in [-0.2, -0.15) is 0 Å². The van der Waals surface area contributed by atoms with Crippen molar-refractivity contribution in [1.82, 2.24) is 0 Å². The van der Waals surface area contributed by atoms with Crippen LogP contribution in [0.2, 0.25) is 0 Å². The SMILES string of the molecule is CC.CC.Cc1ccc(O)c(-c2cccc(-c3ccccc3)c2)c1.Cc1ccc(O)c(-c2cccc(-c3ccccc3)c2)c1.Cc1cccc(-c2cccc(-c3ccccc3O)c2)c1. The molecule has 0 unspecified atom stereocenters. The molecule has 0 aliphatic carbocycles. The van der Waals surface area contributed by atoms with Crippen LogP contribution in [-0.2, 0) is 0 Å². The van der Waals surface area contributed by atoms with Crippen molar-refractivity contribution in [3.63, 3.8) is 0 Å². The van der Waals surface area contributed by atoms with Crippen molar-refractivity contribution >= 4 is 0 Å². The Morgan fingerprint density at radius 2 is 0.516 bits per heavy atom. The smallest absolute Gasteiger partial charge is 0.123 e. The van der Waals surface area contributed by atoms with E-state index in [1.807, 2.05) is 157 Å². The largest absolute Gasteiger partial charge is 0.507 e. The first-order valence-electron chi connectivity index (χ1n) is 22.1. The van der Waals surface area contributed by atoms with E-state index in [0.29, 0.717) is 17.2 Å². The Morgan fingerprint density at radius 1 is 0.219 bits per heavy atom. The summed E-state index contributed by atoms with van der Waals surface area (Å²) < 4.78 is 0. The Bertz CT molecular complexity index is 2690. The fraction of sp³-hybridized carbons (Fsp3) is 0.115. The lowest BCUT2D eigenvalue weighted by Crippen LogP contribution is -1.83. The van der Waals surface area contributed by atoms with Crippen LogP contribution >= 0.6 is 0 Å². The Labute approximate surface area is 381 Å². The molecule has 322 valence electrons. The topological polar surface area (TPSA) is 60.7 Å². The fourth-order valence-electron chi connectivity index (χ4n) is 7.16. The van der Waals surface area contributed by atoms with Gasteiger partial charge in [-0.3, -0.25) is 0 Å². The Morgan fingerprint density at radius 3 is 0.938 bits per heavy atom. The summed E-state index contributed by atoms with van der Waals surface area (Å²) >= 11 is 0. The van der Waals surface area contributed by atoms with Crippen LogP contribution in [0.1, 0.15) is 44.4 Å². The van der Waals surface area contributed by atoms with Crippen molar-refractivity contribution in [1.29, 1.82) is 0 Å². The van der Waals surface area contributed by atoms with E-state index in [2.05, 4.69) is 91.9 Å². The fourth-order valence-corrected chi connectivity index (χ4v) is 7.16. The molecule has 9 aromatic carbocycles. The minimum absolute atomic E-state index is 0.314. The number of hydrogen-bond donors (Lipinski definition) is 3. The molecule has 0 heterocycles. The lowest BCUT2D eigenvalue weighted by atomic mass is 9.97. The summed E-state index contributed by atoms with van der Waals surface area (Å²) in [6.07, 6.45) is 0. The summed E-state index contributed by atoms with van der Waals surface area (Å²) in [6.45, 7) is 14.2. The summed E-state index contributed by atoms with van der Waals surface area (Å²) in [4.78, 5) is 0. The summed E-state index contributed by atoms with van der Waals surface area (Å²) in [6, 6.07) is 72.5. The second-order valence-corrected chi connectivity index (χ2v) is 14.9. The third-order valence-electron chi connectivity index (χ3n) is 10.3. The Hall–Kier alpha value is -7.62. The predicted molar refractivity (Wildman–Crippen MR) is 274 cm³/mol. The Kier molecular flexibility index (Phi) is 17.9. The number of benzene rings is 9. The van der Waals surface area contributed by atoms with Crippen LogP contribution in [0.5, 0.6) is 17.2 Å². The zero-order valence-corrected chi connectivity index (χ0v) is 38.1. The summed E-state index contributed by atoms with van der Waals surface area (Å²) in [7, 11) is 0. The van der Waals surface area contributed by atoms with E-state index in [1.54, 1.807) is 18.2 Å². The maximum Gasteiger partial charge on any atom is 0.123 e. The Balaban J connectivity index is 0.000000174. The molecule has 0 aliphatic rings. The third kappa shape index (κ3) is 13.0. The van der Waals surface area contributed by atoms with Crippen molar-refractivity contribution in [3.05, 3.63) is 235 Å². The molecule has 0 atom stereocenters. The average Bonchev–Trinajstić information content (AvgIpc) is 3.35. The number of hydrogen-bond acceptors (Lipinski definition) is 3. The van der Waals surface area contributed by atoms with Gasteiger partial charge in [-0.25, -0.2) is 0 Å². The second kappa shape index (κ2) is 24.1. The van der Waals surface area contributed by atoms with Gasteiger partial charge in [0.2, 0.25) is 0 Å². The van der Waals surface area contributed by atoms with Crippen LogP contribution in [0.3, 0.4) is 0 Å². The highest BCUT2D eigenvalue weighted by Gasteiger charge is 2.09. The van der Waals surface area contributed by atoms with E-state index in [1.165, 1.54) is 22.3 Å². The van der Waals surface area contributed by atoms with E-state index in [4.69, 9.17) is 0 Å². The molecular formula is C61H60O3. The zero-order valence-electron chi connectivity index (χ0n) is 38.1. The first kappa shape index (κ1) is 47.4. The lowest BCUT2D eigenvalue weighted by molar-refractivity contribution is 0.476. The van der Waals surface area contributed by atoms with Gasteiger partial charge in [0.1, 0.15) is 17.2 Å². The molecule has 0 aliphatic heterocycles. The zero-order chi connectivity index (χ0) is 45.8. The summed E-state index contributed by atoms with van der Waals surface area (Å²) in [5, 5.41) is 30.1. The second-order valence-electron chi connectivity index (χ2n) is 14.9. The van der Waals surface area contributed by atoms with Crippen LogP contribution in [0.15, 0.2) is 218 Å². The van der Waals surface area contributed by atoms with E-state index < -0.39 is 0 Å². The minimum Gasteiger partial charge on any atom is -0.507 e. The number of para-hydroxylation sites is 1. The van der Waals surface area contributed by atoms with Gasteiger partial charge >= 0.3 is 0 Å². The van der Waals surface area contributed by atoms with Gasteiger partial charge in [0.15, 0.2) is 0 Å². The van der Waals surface area contributed by atoms with Crippen LogP contribution in [0.4, 0.5) is 0 Å². The molecule has 3 heteroatoms. The van der Waals surface area contributed by atoms with E-state index >= 15 is 0 Å². The molecule has 0 bridgehead atoms. The van der Waals surface area contributed by atoms with Crippen LogP contribution in [-0.4, -0.2) is 15.3 Å². The molecule has 0 spiro atoms. The molecule has 0 saturated carbocycles. The number of phenolic OH excluding ortho intramolecular Hbond substituents is 3. The van der Waals surface area contributed by atoms with Gasteiger partial charge in [0.25, 0.3) is 0 Å². The normalized spacial score (nSPS) is 9.98. The molecule has 0 radical (unpaired) electrons. The molecule has 0 aromatic heterocycles. The van der Waals surface area contributed by atoms with Crippen molar-refractivity contribution in [2.45, 2.75) is 48.5 Å². The summed E-state index contributed by atoms with van der Waals surface area (Å²) in [5.74, 6) is 0.954. The predicted octanol–water partition coefficient (Wildman–Crippen LogP) is 17.2. The molecule has 3 N–H and O–H groups in total. The number of rotatable bonds is 6. The van der Waals surface area contributed by atoms with E-state index in [9.17, 15) is 15.3 Å². The highest BCUT2D eigenvalue weighted by Crippen LogP contribution is 2.35. The number of phenols is 3. The number of aromatic hydroxyl groups is 3. The average molecular weight is 841 g/mol. The van der Waals surface area contributed by atoms with E-state index in [-0.39, 0.29) is 0 Å². The first-order valence-corrected chi connectivity index (χ1v) is 22.1. The van der Waals surface area contributed by atoms with Crippen LogP contribution in [0, 0.1) is 20.8 Å². The van der Waals surface area contributed by atoms with Crippen LogP contribution < -0.4 is 0 Å². The number of aryl methyl sites for hydroxylation is 3. The van der Waals surface area contributed by atoms with Gasteiger partial charge in [0.05, 0.1) is 0 Å². The molecule has 9 rings (SSSR count). The highest BCUT2D eigenvalue weighted by molar-refractivity contribution is 5.79. The van der Waals surface area contributed by atoms with E-state index in [0.717, 1.165) is 61.2 Å². The van der Waals surface area contributed by atoms with Crippen molar-refractivity contribution in [2.75, 3.05) is 0 Å². The molecule has 3 nitrogen and oxygen atoms in total. The first-order chi connectivity index (χ1) is 31.2. The van der Waals surface area contributed by atoms with Gasteiger partial charge < -0.3 is 15.3 Å². The third-order valence-corrected chi connectivity index (χ3v) is 10.3. The highest BCUT2D eigenvalue weighted by atomic mass is 16.3. The lowest BCUT2D eigenvalue weighted by Gasteiger charge is -2.08. The molecule has 0 saturated heterocycles. The van der Waals surface area contributed by atoms with Crippen molar-refractivity contribution < 1.29 is 15.3 Å². The summed E-state index contributed by atoms with van der Waals surface area (Å²) in [5.41, 5.74) is 16.3.